The van der Waals surface area contributed by atoms with E-state index < -0.39 is 6.04 Å². The predicted octanol–water partition coefficient (Wildman–Crippen LogP) is 0.0216. The molecule has 0 saturated carbocycles. The Labute approximate surface area is 55.6 Å². The highest BCUT2D eigenvalue weighted by Crippen LogP contribution is 1.80. The number of carbonyl (C=O) groups excluding carboxylic acids is 1. The van der Waals surface area contributed by atoms with Crippen molar-refractivity contribution in [2.45, 2.75) is 26.3 Å². The molecule has 3 N–H and O–H groups in total. The van der Waals surface area contributed by atoms with Crippen LogP contribution in [0, 0.1) is 6.54 Å². The van der Waals surface area contributed by atoms with Crippen LogP contribution in [-0.4, -0.2) is 11.9 Å². The Morgan fingerprint density at radius 1 is 1.89 bits per heavy atom. The molecule has 0 heterocycles. The second-order valence-corrected chi connectivity index (χ2v) is 1.91. The third-order valence-corrected chi connectivity index (χ3v) is 0.862. The van der Waals surface area contributed by atoms with Crippen molar-refractivity contribution in [3.63, 3.8) is 0 Å². The van der Waals surface area contributed by atoms with E-state index in [9.17, 15) is 4.79 Å². The van der Waals surface area contributed by atoms with Gasteiger partial charge in [-0.1, -0.05) is 6.92 Å². The molecular formula is C6H13N2O. The van der Waals surface area contributed by atoms with Crippen LogP contribution in [0.4, 0.5) is 0 Å². The highest BCUT2D eigenvalue weighted by Gasteiger charge is 2.03. The van der Waals surface area contributed by atoms with Gasteiger partial charge in [0, 0.05) is 6.54 Å². The monoisotopic (exact) mass is 129 g/mol. The summed E-state index contributed by atoms with van der Waals surface area (Å²) < 4.78 is 0. The largest absolute Gasteiger partial charge is 0.350 e. The van der Waals surface area contributed by atoms with Crippen LogP contribution >= 0.6 is 0 Å². The number of hydrogen-bond donors (Lipinski definition) is 2. The van der Waals surface area contributed by atoms with Gasteiger partial charge in [-0.2, -0.15) is 0 Å². The molecule has 1 atom stereocenters. The van der Waals surface area contributed by atoms with Gasteiger partial charge in [0.25, 0.3) is 0 Å². The zero-order valence-electron chi connectivity index (χ0n) is 5.85. The average molecular weight is 129 g/mol. The summed E-state index contributed by atoms with van der Waals surface area (Å²) in [6, 6.07) is -0.409. The molecule has 0 rings (SSSR count). The summed E-state index contributed by atoms with van der Waals surface area (Å²) in [5.74, 6) is -0.128. The van der Waals surface area contributed by atoms with Crippen LogP contribution in [-0.2, 0) is 4.79 Å². The van der Waals surface area contributed by atoms with E-state index in [-0.39, 0.29) is 5.91 Å². The Bertz CT molecular complexity index is 91.1. The van der Waals surface area contributed by atoms with Crippen molar-refractivity contribution in [2.24, 2.45) is 5.73 Å². The van der Waals surface area contributed by atoms with Crippen molar-refractivity contribution in [3.8, 4) is 0 Å². The number of nitrogens with two attached hydrogens (primary N) is 1. The predicted molar refractivity (Wildman–Crippen MR) is 36.4 cm³/mol. The minimum atomic E-state index is -0.409. The fourth-order valence-electron chi connectivity index (χ4n) is 0.334. The van der Waals surface area contributed by atoms with Crippen molar-refractivity contribution >= 4 is 5.91 Å². The van der Waals surface area contributed by atoms with E-state index in [2.05, 4.69) is 5.32 Å². The van der Waals surface area contributed by atoms with E-state index in [1.165, 1.54) is 0 Å². The first kappa shape index (κ1) is 8.43. The van der Waals surface area contributed by atoms with Gasteiger partial charge in [-0.05, 0) is 13.3 Å². The van der Waals surface area contributed by atoms with Crippen LogP contribution in [0.1, 0.15) is 20.3 Å². The van der Waals surface area contributed by atoms with E-state index in [1.807, 2.05) is 6.92 Å². The lowest BCUT2D eigenvalue weighted by Crippen LogP contribution is -2.36. The summed E-state index contributed by atoms with van der Waals surface area (Å²) in [6.07, 6.45) is 0.832. The van der Waals surface area contributed by atoms with Crippen molar-refractivity contribution in [3.05, 3.63) is 6.54 Å². The SMILES string of the molecule is CC[CH]NC(=O)C(C)N. The molecule has 0 bridgehead atoms. The van der Waals surface area contributed by atoms with Crippen LogP contribution < -0.4 is 11.1 Å². The molecule has 0 aliphatic rings. The normalized spacial score (nSPS) is 12.8. The first-order valence-corrected chi connectivity index (χ1v) is 3.06. The number of nitrogens with one attached hydrogen (secondary N) is 1. The standard InChI is InChI=1S/C6H13N2O/c1-3-4-8-6(9)5(2)7/h4-5H,3,7H2,1-2H3,(H,8,9). The van der Waals surface area contributed by atoms with Crippen LogP contribution in [0.3, 0.4) is 0 Å². The molecule has 3 heteroatoms. The molecule has 1 radical (unpaired) electrons. The van der Waals surface area contributed by atoms with Gasteiger partial charge in [-0.25, -0.2) is 0 Å². The Balaban J connectivity index is 3.28. The van der Waals surface area contributed by atoms with E-state index >= 15 is 0 Å². The number of amides is 1. The third kappa shape index (κ3) is 3.97. The van der Waals surface area contributed by atoms with E-state index in [0.29, 0.717) is 0 Å². The quantitative estimate of drug-likeness (QED) is 0.564. The Kier molecular flexibility index (Phi) is 4.05. The highest BCUT2D eigenvalue weighted by molar-refractivity contribution is 5.81. The minimum Gasteiger partial charge on any atom is -0.350 e. The summed E-state index contributed by atoms with van der Waals surface area (Å²) in [5.41, 5.74) is 5.24. The van der Waals surface area contributed by atoms with Gasteiger partial charge in [0.15, 0.2) is 0 Å². The molecule has 3 nitrogen and oxygen atoms in total. The Hall–Kier alpha value is -0.570. The summed E-state index contributed by atoms with van der Waals surface area (Å²) in [4.78, 5) is 10.6. The molecule has 0 aliphatic carbocycles. The maximum absolute atomic E-state index is 10.6. The zero-order valence-corrected chi connectivity index (χ0v) is 5.85. The van der Waals surface area contributed by atoms with Gasteiger partial charge in [-0.3, -0.25) is 4.79 Å². The van der Waals surface area contributed by atoms with Crippen molar-refractivity contribution in [2.75, 3.05) is 0 Å². The van der Waals surface area contributed by atoms with Crippen molar-refractivity contribution < 1.29 is 4.79 Å². The summed E-state index contributed by atoms with van der Waals surface area (Å²) in [7, 11) is 0. The second kappa shape index (κ2) is 4.32. The van der Waals surface area contributed by atoms with Gasteiger partial charge in [-0.15, -0.1) is 0 Å². The lowest BCUT2D eigenvalue weighted by Gasteiger charge is -2.03. The first-order valence-electron chi connectivity index (χ1n) is 3.06. The summed E-state index contributed by atoms with van der Waals surface area (Å²) in [5, 5.41) is 2.54. The van der Waals surface area contributed by atoms with Gasteiger partial charge in [0.05, 0.1) is 6.04 Å². The molecule has 0 aromatic heterocycles. The molecule has 0 spiro atoms. The zero-order chi connectivity index (χ0) is 7.28. The smallest absolute Gasteiger partial charge is 0.236 e. The Morgan fingerprint density at radius 2 is 2.44 bits per heavy atom. The minimum absolute atomic E-state index is 0.128. The van der Waals surface area contributed by atoms with Crippen molar-refractivity contribution in [1.29, 1.82) is 0 Å². The number of carbonyl (C=O) groups is 1. The lowest BCUT2D eigenvalue weighted by atomic mass is 10.3. The molecule has 0 aliphatic heterocycles. The molecule has 0 aromatic rings. The fraction of sp³-hybridized carbons (Fsp3) is 0.667. The summed E-state index contributed by atoms with van der Waals surface area (Å²) >= 11 is 0. The van der Waals surface area contributed by atoms with E-state index in [1.54, 1.807) is 13.5 Å². The second-order valence-electron chi connectivity index (χ2n) is 1.91. The first-order chi connectivity index (χ1) is 4.18. The van der Waals surface area contributed by atoms with Crippen LogP contribution in [0.5, 0.6) is 0 Å². The fourth-order valence-corrected chi connectivity index (χ4v) is 0.334. The van der Waals surface area contributed by atoms with E-state index in [4.69, 9.17) is 5.73 Å². The highest BCUT2D eigenvalue weighted by atomic mass is 16.2. The van der Waals surface area contributed by atoms with Crippen LogP contribution in [0.25, 0.3) is 0 Å². The third-order valence-electron chi connectivity index (χ3n) is 0.862. The lowest BCUT2D eigenvalue weighted by molar-refractivity contribution is -0.121. The molecule has 1 unspecified atom stereocenters. The molecule has 1 amide bonds. The molecule has 0 aromatic carbocycles. The van der Waals surface area contributed by atoms with Crippen LogP contribution in [0.2, 0.25) is 0 Å². The molecule has 0 fully saturated rings. The van der Waals surface area contributed by atoms with Gasteiger partial charge in [0.1, 0.15) is 0 Å². The maximum atomic E-state index is 10.6. The molecular weight excluding hydrogens is 116 g/mol. The summed E-state index contributed by atoms with van der Waals surface area (Å²) in [6.45, 7) is 5.28. The van der Waals surface area contributed by atoms with Crippen molar-refractivity contribution in [1.82, 2.24) is 5.32 Å². The topological polar surface area (TPSA) is 55.1 Å². The van der Waals surface area contributed by atoms with Crippen LogP contribution in [0.15, 0.2) is 0 Å². The maximum Gasteiger partial charge on any atom is 0.236 e. The molecule has 9 heavy (non-hydrogen) atoms. The Morgan fingerprint density at radius 3 is 2.78 bits per heavy atom. The van der Waals surface area contributed by atoms with Gasteiger partial charge < -0.3 is 11.1 Å². The van der Waals surface area contributed by atoms with E-state index in [0.717, 1.165) is 6.42 Å². The average Bonchev–Trinajstić information content (AvgIpc) is 1.82. The number of hydrogen-bond acceptors (Lipinski definition) is 2. The van der Waals surface area contributed by atoms with Gasteiger partial charge in [0.2, 0.25) is 5.91 Å². The number of rotatable bonds is 3. The van der Waals surface area contributed by atoms with Gasteiger partial charge >= 0.3 is 0 Å². The molecule has 53 valence electrons. The molecule has 0 saturated heterocycles.